The second-order valence-corrected chi connectivity index (χ2v) is 8.95. The molecule has 0 aliphatic heterocycles. The Hall–Kier alpha value is -3.42. The van der Waals surface area contributed by atoms with Crippen molar-refractivity contribution in [2.45, 2.75) is 45.3 Å². The van der Waals surface area contributed by atoms with Gasteiger partial charge in [0.25, 0.3) is 0 Å². The summed E-state index contributed by atoms with van der Waals surface area (Å²) >= 11 is 0. The molecule has 0 bridgehead atoms. The first kappa shape index (κ1) is 24.2. The number of rotatable bonds is 9. The van der Waals surface area contributed by atoms with Crippen LogP contribution >= 0.6 is 0 Å². The number of hydrogen-bond donors (Lipinski definition) is 5. The van der Waals surface area contributed by atoms with Crippen molar-refractivity contribution in [3.05, 3.63) is 83.0 Å². The van der Waals surface area contributed by atoms with Gasteiger partial charge in [0.2, 0.25) is 5.91 Å². The first-order chi connectivity index (χ1) is 15.6. The van der Waals surface area contributed by atoms with Gasteiger partial charge in [-0.25, -0.2) is 4.98 Å². The maximum Gasteiger partial charge on any atom is 0.229 e. The van der Waals surface area contributed by atoms with Gasteiger partial charge in [0.05, 0.1) is 12.5 Å². The van der Waals surface area contributed by atoms with Crippen LogP contribution in [0.3, 0.4) is 0 Å². The van der Waals surface area contributed by atoms with Crippen LogP contribution in [0.4, 0.5) is 5.82 Å². The van der Waals surface area contributed by atoms with Gasteiger partial charge in [0.15, 0.2) is 0 Å². The number of nitrogens with zero attached hydrogens (tertiary/aromatic N) is 1. The molecule has 33 heavy (non-hydrogen) atoms. The number of carbonyl (C=O) groups is 1. The highest BCUT2D eigenvalue weighted by Crippen LogP contribution is 2.25. The van der Waals surface area contributed by atoms with Gasteiger partial charge < -0.3 is 26.0 Å². The minimum Gasteiger partial charge on any atom is -0.508 e. The van der Waals surface area contributed by atoms with Crippen molar-refractivity contribution in [1.82, 2.24) is 10.3 Å². The van der Waals surface area contributed by atoms with E-state index < -0.39 is 6.10 Å². The van der Waals surface area contributed by atoms with E-state index in [1.165, 1.54) is 18.2 Å². The fourth-order valence-corrected chi connectivity index (χ4v) is 3.71. The third kappa shape index (κ3) is 7.59. The van der Waals surface area contributed by atoms with Gasteiger partial charge in [-0.2, -0.15) is 0 Å². The fraction of sp³-hybridized carbons (Fsp3) is 0.308. The summed E-state index contributed by atoms with van der Waals surface area (Å²) in [5, 5.41) is 35.9. The van der Waals surface area contributed by atoms with Crippen molar-refractivity contribution in [1.29, 1.82) is 0 Å². The van der Waals surface area contributed by atoms with Gasteiger partial charge in [-0.15, -0.1) is 0 Å². The summed E-state index contributed by atoms with van der Waals surface area (Å²) < 4.78 is 0. The summed E-state index contributed by atoms with van der Waals surface area (Å²) in [6, 6.07) is 17.5. The van der Waals surface area contributed by atoms with E-state index in [1.807, 2.05) is 57.2 Å². The number of aryl methyl sites for hydroxylation is 1. The molecule has 3 aromatic rings. The Morgan fingerprint density at radius 2 is 1.67 bits per heavy atom. The third-order valence-electron chi connectivity index (χ3n) is 5.24. The molecule has 174 valence electrons. The zero-order chi connectivity index (χ0) is 24.0. The van der Waals surface area contributed by atoms with Crippen LogP contribution < -0.4 is 10.6 Å². The molecule has 0 fully saturated rings. The average molecular weight is 450 g/mol. The predicted molar refractivity (Wildman–Crippen MR) is 128 cm³/mol. The second kappa shape index (κ2) is 10.5. The lowest BCUT2D eigenvalue weighted by atomic mass is 9.93. The molecule has 2 aromatic carbocycles. The van der Waals surface area contributed by atoms with E-state index in [9.17, 15) is 20.1 Å². The smallest absolute Gasteiger partial charge is 0.229 e. The van der Waals surface area contributed by atoms with Gasteiger partial charge in [-0.1, -0.05) is 30.3 Å². The molecule has 0 aliphatic carbocycles. The molecule has 1 heterocycles. The number of anilines is 1. The van der Waals surface area contributed by atoms with Crippen molar-refractivity contribution >= 4 is 11.7 Å². The van der Waals surface area contributed by atoms with Crippen LogP contribution in [0, 0.1) is 6.92 Å². The summed E-state index contributed by atoms with van der Waals surface area (Å²) in [7, 11) is 0. The lowest BCUT2D eigenvalue weighted by Crippen LogP contribution is -2.43. The van der Waals surface area contributed by atoms with Crippen molar-refractivity contribution < 1.29 is 20.1 Å². The molecular formula is C26H31N3O4. The van der Waals surface area contributed by atoms with Crippen molar-refractivity contribution in [2.24, 2.45) is 0 Å². The molecule has 0 aliphatic rings. The first-order valence-electron chi connectivity index (χ1n) is 10.9. The molecule has 7 heteroatoms. The molecule has 0 saturated heterocycles. The highest BCUT2D eigenvalue weighted by Gasteiger charge is 2.20. The van der Waals surface area contributed by atoms with Gasteiger partial charge in [-0.3, -0.25) is 4.79 Å². The molecule has 5 N–H and O–H groups in total. The summed E-state index contributed by atoms with van der Waals surface area (Å²) in [6.07, 6.45) is 0.0456. The number of amides is 1. The number of aromatic hydroxyl groups is 2. The standard InChI is InChI=1S/C26H31N3O4/c1-17-6-4-9-24(28-17)29-25(33)11-18-7-5-8-19(10-18)15-26(2,3)27-16-23(32)20-12-21(30)14-22(31)13-20/h4-10,12-14,23,27,30-32H,11,15-16H2,1-3H3,(H,28,29,33). The van der Waals surface area contributed by atoms with Crippen molar-refractivity contribution in [3.8, 4) is 11.5 Å². The fourth-order valence-electron chi connectivity index (χ4n) is 3.71. The van der Waals surface area contributed by atoms with E-state index in [-0.39, 0.29) is 35.9 Å². The van der Waals surface area contributed by atoms with E-state index >= 15 is 0 Å². The zero-order valence-corrected chi connectivity index (χ0v) is 19.2. The molecule has 1 amide bonds. The van der Waals surface area contributed by atoms with Crippen LogP contribution in [0.15, 0.2) is 60.7 Å². The topological polar surface area (TPSA) is 115 Å². The van der Waals surface area contributed by atoms with Crippen LogP contribution in [0.25, 0.3) is 0 Å². The number of aromatic nitrogens is 1. The van der Waals surface area contributed by atoms with Crippen LogP contribution in [0.1, 0.15) is 42.3 Å². The Morgan fingerprint density at radius 1 is 1.00 bits per heavy atom. The number of hydrogen-bond acceptors (Lipinski definition) is 6. The van der Waals surface area contributed by atoms with Gasteiger partial charge >= 0.3 is 0 Å². The van der Waals surface area contributed by atoms with Gasteiger partial charge in [0, 0.05) is 23.8 Å². The minimum atomic E-state index is -0.882. The number of β-amino-alcohol motifs (C(OH)–C–C–N with tert-alkyl or cyclic N) is 1. The monoisotopic (exact) mass is 449 g/mol. The Kier molecular flexibility index (Phi) is 7.68. The van der Waals surface area contributed by atoms with Gasteiger partial charge in [-0.05, 0) is 68.1 Å². The summed E-state index contributed by atoms with van der Waals surface area (Å²) in [6.45, 7) is 6.19. The number of pyridine rings is 1. The number of benzene rings is 2. The Morgan fingerprint density at radius 3 is 2.36 bits per heavy atom. The maximum atomic E-state index is 12.4. The second-order valence-electron chi connectivity index (χ2n) is 8.95. The minimum absolute atomic E-state index is 0.0951. The largest absolute Gasteiger partial charge is 0.508 e. The first-order valence-corrected chi connectivity index (χ1v) is 10.9. The van der Waals surface area contributed by atoms with Gasteiger partial charge in [0.1, 0.15) is 17.3 Å². The molecule has 3 rings (SSSR count). The summed E-state index contributed by atoms with van der Waals surface area (Å²) in [5.74, 6) is 0.227. The molecule has 1 atom stereocenters. The quantitative estimate of drug-likeness (QED) is 0.341. The van der Waals surface area contributed by atoms with E-state index in [4.69, 9.17) is 0 Å². The molecule has 1 unspecified atom stereocenters. The zero-order valence-electron chi connectivity index (χ0n) is 19.2. The van der Waals surface area contributed by atoms with Crippen LogP contribution in [-0.4, -0.2) is 38.3 Å². The molecular weight excluding hydrogens is 418 g/mol. The highest BCUT2D eigenvalue weighted by atomic mass is 16.3. The lowest BCUT2D eigenvalue weighted by molar-refractivity contribution is -0.115. The maximum absolute atomic E-state index is 12.4. The Bertz CT molecular complexity index is 1090. The lowest BCUT2D eigenvalue weighted by Gasteiger charge is -2.28. The van der Waals surface area contributed by atoms with Crippen LogP contribution in [0.2, 0.25) is 0 Å². The SMILES string of the molecule is Cc1cccc(NC(=O)Cc2cccc(CC(C)(C)NCC(O)c3cc(O)cc(O)c3)c2)n1. The average Bonchev–Trinajstić information content (AvgIpc) is 2.71. The number of phenols is 2. The van der Waals surface area contributed by atoms with E-state index in [0.29, 0.717) is 17.8 Å². The predicted octanol–water partition coefficient (Wildman–Crippen LogP) is 3.63. The third-order valence-corrected chi connectivity index (χ3v) is 5.24. The van der Waals surface area contributed by atoms with Crippen molar-refractivity contribution in [3.63, 3.8) is 0 Å². The van der Waals surface area contributed by atoms with Crippen LogP contribution in [-0.2, 0) is 17.6 Å². The van der Waals surface area contributed by atoms with E-state index in [1.54, 1.807) is 6.07 Å². The Balaban J connectivity index is 1.57. The number of aliphatic hydroxyl groups excluding tert-OH is 1. The van der Waals surface area contributed by atoms with E-state index in [2.05, 4.69) is 15.6 Å². The summed E-state index contributed by atoms with van der Waals surface area (Å²) in [4.78, 5) is 16.7. The number of aliphatic hydroxyl groups is 1. The normalized spacial score (nSPS) is 12.4. The molecule has 0 spiro atoms. The Labute approximate surface area is 194 Å². The molecule has 1 aromatic heterocycles. The van der Waals surface area contributed by atoms with Crippen LogP contribution in [0.5, 0.6) is 11.5 Å². The summed E-state index contributed by atoms with van der Waals surface area (Å²) in [5.41, 5.74) is 2.91. The molecule has 7 nitrogen and oxygen atoms in total. The molecule has 0 radical (unpaired) electrons. The number of carbonyl (C=O) groups excluding carboxylic acids is 1. The highest BCUT2D eigenvalue weighted by molar-refractivity contribution is 5.91. The van der Waals surface area contributed by atoms with Crippen molar-refractivity contribution in [2.75, 3.05) is 11.9 Å². The van der Waals surface area contributed by atoms with E-state index in [0.717, 1.165) is 16.8 Å². The number of nitrogens with one attached hydrogen (secondary N) is 2. The molecule has 0 saturated carbocycles. The number of phenolic OH excluding ortho intramolecular Hbond substituents is 2.